The highest BCUT2D eigenvalue weighted by molar-refractivity contribution is 5.79. The number of rotatable bonds is 4. The Balaban J connectivity index is 1.23. The Bertz CT molecular complexity index is 1020. The number of ether oxygens (including phenoxy) is 1. The molecule has 3 aromatic rings. The molecule has 2 aromatic heterocycles. The molecule has 1 amide bonds. The number of benzene rings is 1. The zero-order valence-corrected chi connectivity index (χ0v) is 16.0. The molecule has 1 saturated heterocycles. The molecular weight excluding hydrogens is 370 g/mol. The number of hydrogen-bond acceptors (Lipinski definition) is 7. The minimum Gasteiger partial charge on any atom is -0.493 e. The Labute approximate surface area is 167 Å². The maximum absolute atomic E-state index is 12.8. The van der Waals surface area contributed by atoms with Crippen LogP contribution in [0.15, 0.2) is 41.2 Å². The zero-order valence-electron chi connectivity index (χ0n) is 16.0. The lowest BCUT2D eigenvalue weighted by Gasteiger charge is -2.19. The maximum Gasteiger partial charge on any atom is 0.267 e. The minimum atomic E-state index is 0.0498. The van der Waals surface area contributed by atoms with Crippen LogP contribution in [0.25, 0.3) is 11.6 Å². The highest BCUT2D eigenvalue weighted by atomic mass is 16.5. The maximum atomic E-state index is 12.8. The van der Waals surface area contributed by atoms with E-state index in [1.165, 1.54) is 5.56 Å². The fraction of sp³-hybridized carbons (Fsp3) is 0.381. The van der Waals surface area contributed by atoms with Gasteiger partial charge in [-0.1, -0.05) is 12.1 Å². The summed E-state index contributed by atoms with van der Waals surface area (Å²) in [4.78, 5) is 22.9. The van der Waals surface area contributed by atoms with E-state index < -0.39 is 0 Å². The van der Waals surface area contributed by atoms with Gasteiger partial charge in [0, 0.05) is 25.5 Å². The van der Waals surface area contributed by atoms with Gasteiger partial charge in [0.15, 0.2) is 0 Å². The Morgan fingerprint density at radius 3 is 3.10 bits per heavy atom. The van der Waals surface area contributed by atoms with Crippen molar-refractivity contribution in [2.45, 2.75) is 31.6 Å². The predicted octanol–water partition coefficient (Wildman–Crippen LogP) is 2.41. The van der Waals surface area contributed by atoms with E-state index in [0.717, 1.165) is 37.2 Å². The van der Waals surface area contributed by atoms with E-state index in [9.17, 15) is 4.79 Å². The first-order valence-corrected chi connectivity index (χ1v) is 9.88. The lowest BCUT2D eigenvalue weighted by atomic mass is 10.0. The van der Waals surface area contributed by atoms with Crippen molar-refractivity contribution in [3.05, 3.63) is 53.8 Å². The lowest BCUT2D eigenvalue weighted by Crippen LogP contribution is -2.30. The van der Waals surface area contributed by atoms with E-state index in [4.69, 9.17) is 9.15 Å². The fourth-order valence-electron chi connectivity index (χ4n) is 3.91. The minimum absolute atomic E-state index is 0.0498. The summed E-state index contributed by atoms with van der Waals surface area (Å²) in [5.74, 6) is 2.02. The summed E-state index contributed by atoms with van der Waals surface area (Å²) in [6.45, 7) is 2.06. The van der Waals surface area contributed by atoms with Crippen LogP contribution in [0.5, 0.6) is 5.75 Å². The van der Waals surface area contributed by atoms with Gasteiger partial charge < -0.3 is 14.1 Å². The van der Waals surface area contributed by atoms with Gasteiger partial charge in [-0.2, -0.15) is 0 Å². The fourth-order valence-corrected chi connectivity index (χ4v) is 3.91. The molecular formula is C21H21N5O3. The highest BCUT2D eigenvalue weighted by Crippen LogP contribution is 2.29. The van der Waals surface area contributed by atoms with Gasteiger partial charge >= 0.3 is 0 Å². The monoisotopic (exact) mass is 391 g/mol. The van der Waals surface area contributed by atoms with Crippen molar-refractivity contribution in [3.63, 3.8) is 0 Å². The van der Waals surface area contributed by atoms with Gasteiger partial charge in [0.2, 0.25) is 11.8 Å². The number of carbonyl (C=O) groups excluding carboxylic acids is 1. The molecule has 148 valence electrons. The zero-order chi connectivity index (χ0) is 19.6. The number of aromatic nitrogens is 4. The molecule has 0 N–H and O–H groups in total. The predicted molar refractivity (Wildman–Crippen MR) is 103 cm³/mol. The number of fused-ring (bicyclic) bond motifs is 1. The van der Waals surface area contributed by atoms with E-state index >= 15 is 0 Å². The summed E-state index contributed by atoms with van der Waals surface area (Å²) in [6, 6.07) is 6.07. The molecule has 0 spiro atoms. The molecule has 4 heterocycles. The van der Waals surface area contributed by atoms with E-state index in [1.54, 1.807) is 18.6 Å². The number of likely N-dealkylation sites (tertiary alicyclic amines) is 1. The molecule has 1 atom stereocenters. The average molecular weight is 391 g/mol. The van der Waals surface area contributed by atoms with E-state index in [2.05, 4.69) is 26.2 Å². The van der Waals surface area contributed by atoms with Gasteiger partial charge in [-0.3, -0.25) is 9.78 Å². The smallest absolute Gasteiger partial charge is 0.267 e. The van der Waals surface area contributed by atoms with E-state index in [0.29, 0.717) is 37.0 Å². The SMILES string of the molecule is O=C(Cc1ccc2c(c1)CCCO2)N1CCC(c2nnc(-c3cnccn3)o2)C1. The molecule has 1 fully saturated rings. The first-order chi connectivity index (χ1) is 14.3. The molecule has 0 bridgehead atoms. The van der Waals surface area contributed by atoms with Crippen molar-refractivity contribution in [2.75, 3.05) is 19.7 Å². The largest absolute Gasteiger partial charge is 0.493 e. The first-order valence-electron chi connectivity index (χ1n) is 9.88. The van der Waals surface area contributed by atoms with Crippen LogP contribution in [0.3, 0.4) is 0 Å². The molecule has 8 heteroatoms. The Kier molecular flexibility index (Phi) is 4.67. The van der Waals surface area contributed by atoms with Crippen LogP contribution >= 0.6 is 0 Å². The molecule has 0 aliphatic carbocycles. The van der Waals surface area contributed by atoms with Gasteiger partial charge in [0.1, 0.15) is 11.4 Å². The van der Waals surface area contributed by atoms with Crippen LogP contribution in [0.4, 0.5) is 0 Å². The van der Waals surface area contributed by atoms with Crippen LogP contribution in [-0.2, 0) is 17.6 Å². The third-order valence-electron chi connectivity index (χ3n) is 5.44. The molecule has 0 saturated carbocycles. The molecule has 29 heavy (non-hydrogen) atoms. The van der Waals surface area contributed by atoms with Crippen molar-refractivity contribution in [3.8, 4) is 17.3 Å². The Morgan fingerprint density at radius 2 is 2.21 bits per heavy atom. The molecule has 0 radical (unpaired) electrons. The van der Waals surface area contributed by atoms with E-state index in [1.807, 2.05) is 17.0 Å². The molecule has 5 rings (SSSR count). The van der Waals surface area contributed by atoms with Crippen molar-refractivity contribution in [1.82, 2.24) is 25.1 Å². The van der Waals surface area contributed by atoms with Gasteiger partial charge in [-0.25, -0.2) is 4.98 Å². The van der Waals surface area contributed by atoms with Gasteiger partial charge in [-0.05, 0) is 36.5 Å². The van der Waals surface area contributed by atoms with Crippen molar-refractivity contribution >= 4 is 5.91 Å². The normalized spacial score (nSPS) is 18.3. The molecule has 2 aliphatic heterocycles. The standard InChI is InChI=1S/C21H21N5O3/c27-19(11-14-3-4-18-15(10-14)2-1-9-28-18)26-8-5-16(13-26)20-24-25-21(29-20)17-12-22-6-7-23-17/h3-4,6-7,10,12,16H,1-2,5,8-9,11,13H2. The summed E-state index contributed by atoms with van der Waals surface area (Å²) in [5, 5.41) is 8.24. The van der Waals surface area contributed by atoms with Crippen molar-refractivity contribution in [2.24, 2.45) is 0 Å². The number of amides is 1. The highest BCUT2D eigenvalue weighted by Gasteiger charge is 2.31. The summed E-state index contributed by atoms with van der Waals surface area (Å²) in [7, 11) is 0. The number of aryl methyl sites for hydroxylation is 1. The number of hydrogen-bond donors (Lipinski definition) is 0. The van der Waals surface area contributed by atoms with Gasteiger partial charge in [-0.15, -0.1) is 10.2 Å². The molecule has 1 unspecified atom stereocenters. The average Bonchev–Trinajstić information content (AvgIpc) is 3.44. The Morgan fingerprint density at radius 1 is 1.24 bits per heavy atom. The van der Waals surface area contributed by atoms with Gasteiger partial charge in [0.05, 0.1) is 25.1 Å². The van der Waals surface area contributed by atoms with Crippen molar-refractivity contribution in [1.29, 1.82) is 0 Å². The molecule has 1 aromatic carbocycles. The number of nitrogens with zero attached hydrogens (tertiary/aromatic N) is 5. The summed E-state index contributed by atoms with van der Waals surface area (Å²) < 4.78 is 11.4. The second-order valence-corrected chi connectivity index (χ2v) is 7.43. The van der Waals surface area contributed by atoms with Crippen LogP contribution in [0.2, 0.25) is 0 Å². The molecule has 8 nitrogen and oxygen atoms in total. The third kappa shape index (κ3) is 3.70. The van der Waals surface area contributed by atoms with Gasteiger partial charge in [0.25, 0.3) is 5.89 Å². The Hall–Kier alpha value is -3.29. The van der Waals surface area contributed by atoms with Crippen LogP contribution in [0, 0.1) is 0 Å². The lowest BCUT2D eigenvalue weighted by molar-refractivity contribution is -0.129. The molecule has 2 aliphatic rings. The number of carbonyl (C=O) groups is 1. The topological polar surface area (TPSA) is 94.2 Å². The van der Waals surface area contributed by atoms with Crippen LogP contribution in [0.1, 0.15) is 35.8 Å². The van der Waals surface area contributed by atoms with E-state index in [-0.39, 0.29) is 11.8 Å². The second kappa shape index (κ2) is 7.62. The van der Waals surface area contributed by atoms with Crippen LogP contribution in [-0.4, -0.2) is 50.7 Å². The third-order valence-corrected chi connectivity index (χ3v) is 5.44. The summed E-state index contributed by atoms with van der Waals surface area (Å²) in [6.07, 6.45) is 8.01. The summed E-state index contributed by atoms with van der Waals surface area (Å²) >= 11 is 0. The first kappa shape index (κ1) is 17.8. The summed E-state index contributed by atoms with van der Waals surface area (Å²) in [5.41, 5.74) is 2.78. The van der Waals surface area contributed by atoms with Crippen molar-refractivity contribution < 1.29 is 13.9 Å². The quantitative estimate of drug-likeness (QED) is 0.674. The second-order valence-electron chi connectivity index (χ2n) is 7.43. The van der Waals surface area contributed by atoms with Crippen LogP contribution < -0.4 is 4.74 Å².